The Kier molecular flexibility index (Phi) is 8.04. The van der Waals surface area contributed by atoms with Crippen LogP contribution in [0, 0.1) is 5.92 Å². The lowest BCUT2D eigenvalue weighted by Crippen LogP contribution is -2.51. The Morgan fingerprint density at radius 3 is 2.76 bits per heavy atom. The predicted octanol–water partition coefficient (Wildman–Crippen LogP) is 1.32. The molecule has 0 saturated carbocycles. The van der Waals surface area contributed by atoms with Gasteiger partial charge in [0.25, 0.3) is 0 Å². The van der Waals surface area contributed by atoms with Crippen LogP contribution in [-0.4, -0.2) is 48.9 Å². The molecule has 0 aromatic heterocycles. The van der Waals surface area contributed by atoms with Gasteiger partial charge in [-0.3, -0.25) is 9.59 Å². The molecule has 2 saturated heterocycles. The van der Waals surface area contributed by atoms with Crippen LogP contribution in [0.4, 0.5) is 0 Å². The summed E-state index contributed by atoms with van der Waals surface area (Å²) in [6, 6.07) is 0.262. The molecule has 2 atom stereocenters. The van der Waals surface area contributed by atoms with E-state index in [1.54, 1.807) is 0 Å². The summed E-state index contributed by atoms with van der Waals surface area (Å²) in [7, 11) is 0. The first kappa shape index (κ1) is 18.2. The summed E-state index contributed by atoms with van der Waals surface area (Å²) >= 11 is 0. The second kappa shape index (κ2) is 9.26. The first-order chi connectivity index (χ1) is 9.70. The molecule has 2 unspecified atom stereocenters. The highest BCUT2D eigenvalue weighted by Gasteiger charge is 2.29. The number of hydrogen-bond acceptors (Lipinski definition) is 3. The summed E-state index contributed by atoms with van der Waals surface area (Å²) in [5, 5.41) is 6.45. The van der Waals surface area contributed by atoms with Crippen molar-refractivity contribution in [1.29, 1.82) is 0 Å². The summed E-state index contributed by atoms with van der Waals surface area (Å²) in [4.78, 5) is 26.1. The van der Waals surface area contributed by atoms with Crippen LogP contribution in [0.15, 0.2) is 0 Å². The van der Waals surface area contributed by atoms with E-state index in [1.165, 1.54) is 0 Å². The van der Waals surface area contributed by atoms with Gasteiger partial charge in [0.15, 0.2) is 0 Å². The molecular weight excluding hydrogens is 290 g/mol. The normalized spacial score (nSPS) is 25.9. The van der Waals surface area contributed by atoms with E-state index in [-0.39, 0.29) is 36.2 Å². The van der Waals surface area contributed by atoms with Crippen molar-refractivity contribution < 1.29 is 9.59 Å². The topological polar surface area (TPSA) is 61.4 Å². The summed E-state index contributed by atoms with van der Waals surface area (Å²) in [5.74, 6) is 0.309. The van der Waals surface area contributed by atoms with E-state index in [4.69, 9.17) is 0 Å². The second-order valence-electron chi connectivity index (χ2n) is 5.98. The number of carbonyl (C=O) groups is 2. The number of halogens is 1. The number of amides is 2. The van der Waals surface area contributed by atoms with Crippen molar-refractivity contribution in [3.05, 3.63) is 0 Å². The highest BCUT2D eigenvalue weighted by Crippen LogP contribution is 2.18. The Morgan fingerprint density at radius 2 is 2.10 bits per heavy atom. The summed E-state index contributed by atoms with van der Waals surface area (Å²) in [5.41, 5.74) is 0. The van der Waals surface area contributed by atoms with Crippen LogP contribution in [0.2, 0.25) is 0 Å². The smallest absolute Gasteiger partial charge is 0.225 e. The molecule has 0 aliphatic carbocycles. The van der Waals surface area contributed by atoms with Crippen LogP contribution in [0.1, 0.15) is 45.4 Å². The minimum absolute atomic E-state index is 0. The molecule has 2 N–H and O–H groups in total. The number of nitrogens with one attached hydrogen (secondary N) is 2. The molecule has 2 heterocycles. The van der Waals surface area contributed by atoms with E-state index in [9.17, 15) is 9.59 Å². The lowest BCUT2D eigenvalue weighted by Gasteiger charge is -2.33. The Balaban J connectivity index is 0.00000220. The molecule has 0 spiro atoms. The van der Waals surface area contributed by atoms with E-state index in [1.807, 2.05) is 11.8 Å². The van der Waals surface area contributed by atoms with Gasteiger partial charge in [-0.1, -0.05) is 6.92 Å². The number of rotatable bonds is 4. The van der Waals surface area contributed by atoms with Gasteiger partial charge in [0.05, 0.1) is 5.92 Å². The number of likely N-dealkylation sites (tertiary alicyclic amines) is 1. The van der Waals surface area contributed by atoms with Gasteiger partial charge in [0.2, 0.25) is 11.8 Å². The van der Waals surface area contributed by atoms with Crippen molar-refractivity contribution in [3.8, 4) is 0 Å². The van der Waals surface area contributed by atoms with Gasteiger partial charge in [0.1, 0.15) is 0 Å². The molecule has 2 aliphatic heterocycles. The third-order valence-corrected chi connectivity index (χ3v) is 4.25. The summed E-state index contributed by atoms with van der Waals surface area (Å²) in [6.45, 7) is 5.35. The minimum atomic E-state index is -0.0218. The molecule has 2 fully saturated rings. The van der Waals surface area contributed by atoms with Crippen molar-refractivity contribution in [2.24, 2.45) is 5.92 Å². The molecule has 6 heteroatoms. The van der Waals surface area contributed by atoms with Crippen LogP contribution < -0.4 is 10.6 Å². The van der Waals surface area contributed by atoms with Gasteiger partial charge in [-0.15, -0.1) is 12.4 Å². The highest BCUT2D eigenvalue weighted by molar-refractivity contribution is 5.85. The number of piperidine rings is 2. The molecule has 2 amide bonds. The van der Waals surface area contributed by atoms with Crippen LogP contribution in [-0.2, 0) is 9.59 Å². The molecule has 0 aromatic carbocycles. The maximum atomic E-state index is 12.3. The van der Waals surface area contributed by atoms with Gasteiger partial charge >= 0.3 is 0 Å². The predicted molar refractivity (Wildman–Crippen MR) is 85.5 cm³/mol. The Morgan fingerprint density at radius 1 is 1.29 bits per heavy atom. The van der Waals surface area contributed by atoms with Crippen LogP contribution in [0.5, 0.6) is 0 Å². The first-order valence-corrected chi connectivity index (χ1v) is 7.99. The largest absolute Gasteiger partial charge is 0.352 e. The number of hydrogen-bond donors (Lipinski definition) is 2. The third-order valence-electron chi connectivity index (χ3n) is 4.25. The van der Waals surface area contributed by atoms with Crippen LogP contribution >= 0.6 is 12.4 Å². The number of carbonyl (C=O) groups excluding carboxylic acids is 2. The molecule has 122 valence electrons. The molecule has 21 heavy (non-hydrogen) atoms. The summed E-state index contributed by atoms with van der Waals surface area (Å²) in [6.07, 6.45) is 5.50. The second-order valence-corrected chi connectivity index (χ2v) is 5.98. The monoisotopic (exact) mass is 317 g/mol. The zero-order valence-corrected chi connectivity index (χ0v) is 13.7. The van der Waals surface area contributed by atoms with Crippen LogP contribution in [0.3, 0.4) is 0 Å². The summed E-state index contributed by atoms with van der Waals surface area (Å²) < 4.78 is 0. The van der Waals surface area contributed by atoms with Crippen molar-refractivity contribution >= 4 is 24.2 Å². The SMILES string of the molecule is CCCC(=O)N1CCCC(C(=O)NC2CCCNC2)C1.Cl. The quantitative estimate of drug-likeness (QED) is 0.822. The lowest BCUT2D eigenvalue weighted by molar-refractivity contribution is -0.136. The van der Waals surface area contributed by atoms with Gasteiger partial charge in [-0.25, -0.2) is 0 Å². The number of nitrogens with zero attached hydrogens (tertiary/aromatic N) is 1. The van der Waals surface area contributed by atoms with Crippen molar-refractivity contribution in [1.82, 2.24) is 15.5 Å². The average molecular weight is 318 g/mol. The fourth-order valence-corrected chi connectivity index (χ4v) is 3.08. The standard InChI is InChI=1S/C15H27N3O2.ClH/c1-2-5-14(19)18-9-4-6-12(11-18)15(20)17-13-7-3-8-16-10-13;/h12-13,16H,2-11H2,1H3,(H,17,20);1H. The zero-order chi connectivity index (χ0) is 14.4. The van der Waals surface area contributed by atoms with Gasteiger partial charge in [-0.05, 0) is 38.6 Å². The highest BCUT2D eigenvalue weighted by atomic mass is 35.5. The van der Waals surface area contributed by atoms with E-state index >= 15 is 0 Å². The zero-order valence-electron chi connectivity index (χ0n) is 12.9. The maximum absolute atomic E-state index is 12.3. The van der Waals surface area contributed by atoms with E-state index < -0.39 is 0 Å². The van der Waals surface area contributed by atoms with E-state index in [0.717, 1.165) is 51.7 Å². The molecule has 0 aromatic rings. The Bertz CT molecular complexity index is 346. The minimum Gasteiger partial charge on any atom is -0.352 e. The van der Waals surface area contributed by atoms with Crippen molar-refractivity contribution in [3.63, 3.8) is 0 Å². The molecule has 2 rings (SSSR count). The van der Waals surface area contributed by atoms with Gasteiger partial charge in [0, 0.05) is 32.1 Å². The fraction of sp³-hybridized carbons (Fsp3) is 0.867. The van der Waals surface area contributed by atoms with Gasteiger partial charge < -0.3 is 15.5 Å². The Hall–Kier alpha value is -0.810. The third kappa shape index (κ3) is 5.47. The van der Waals surface area contributed by atoms with Crippen LogP contribution in [0.25, 0.3) is 0 Å². The van der Waals surface area contributed by atoms with E-state index in [2.05, 4.69) is 10.6 Å². The van der Waals surface area contributed by atoms with Gasteiger partial charge in [-0.2, -0.15) is 0 Å². The lowest BCUT2D eigenvalue weighted by atomic mass is 9.96. The Labute approximate surface area is 133 Å². The maximum Gasteiger partial charge on any atom is 0.225 e. The molecular formula is C15H28ClN3O2. The molecule has 0 radical (unpaired) electrons. The molecule has 2 aliphatic rings. The molecule has 5 nitrogen and oxygen atoms in total. The average Bonchev–Trinajstić information content (AvgIpc) is 2.48. The fourth-order valence-electron chi connectivity index (χ4n) is 3.08. The van der Waals surface area contributed by atoms with E-state index in [0.29, 0.717) is 13.0 Å². The van der Waals surface area contributed by atoms with Crippen molar-refractivity contribution in [2.45, 2.75) is 51.5 Å². The molecule has 0 bridgehead atoms. The first-order valence-electron chi connectivity index (χ1n) is 7.99. The van der Waals surface area contributed by atoms with Crippen molar-refractivity contribution in [2.75, 3.05) is 26.2 Å².